The van der Waals surface area contributed by atoms with Crippen LogP contribution in [0.3, 0.4) is 0 Å². The van der Waals surface area contributed by atoms with Gasteiger partial charge in [0.25, 0.3) is 5.91 Å². The summed E-state index contributed by atoms with van der Waals surface area (Å²) in [5, 5.41) is 0.456. The number of hydroxylamine groups is 1. The van der Waals surface area contributed by atoms with E-state index < -0.39 is 0 Å². The summed E-state index contributed by atoms with van der Waals surface area (Å²) in [4.78, 5) is 15.8. The first-order valence-corrected chi connectivity index (χ1v) is 4.13. The molecule has 1 amide bonds. The summed E-state index contributed by atoms with van der Waals surface area (Å²) in [6.07, 6.45) is 0. The van der Waals surface area contributed by atoms with Crippen molar-refractivity contribution in [3.63, 3.8) is 0 Å². The number of hydrogen-bond donors (Lipinski definition) is 1. The van der Waals surface area contributed by atoms with Crippen molar-refractivity contribution in [2.24, 2.45) is 0 Å². The second kappa shape index (κ2) is 4.25. The predicted octanol–water partition coefficient (Wildman–Crippen LogP) is 1.94. The Morgan fingerprint density at radius 2 is 2.23 bits per heavy atom. The topological polar surface area (TPSA) is 38.3 Å². The fraction of sp³-hybridized carbons (Fsp3) is 0.222. The fourth-order valence-electron chi connectivity index (χ4n) is 0.970. The van der Waals surface area contributed by atoms with E-state index in [4.69, 9.17) is 11.6 Å². The molecule has 0 aliphatic carbocycles. The van der Waals surface area contributed by atoms with Crippen LogP contribution in [0.25, 0.3) is 0 Å². The summed E-state index contributed by atoms with van der Waals surface area (Å²) in [6, 6.07) is 5.25. The molecule has 0 aliphatic rings. The van der Waals surface area contributed by atoms with Gasteiger partial charge in [-0.1, -0.05) is 23.7 Å². The van der Waals surface area contributed by atoms with E-state index >= 15 is 0 Å². The number of halogens is 1. The summed E-state index contributed by atoms with van der Waals surface area (Å²) < 4.78 is 0. The molecule has 0 saturated heterocycles. The van der Waals surface area contributed by atoms with Crippen LogP contribution in [0.2, 0.25) is 5.02 Å². The number of aryl methyl sites for hydroxylation is 1. The van der Waals surface area contributed by atoms with Crippen molar-refractivity contribution in [1.29, 1.82) is 0 Å². The summed E-state index contributed by atoms with van der Waals surface area (Å²) >= 11 is 5.91. The third-order valence-corrected chi connectivity index (χ3v) is 2.13. The lowest BCUT2D eigenvalue weighted by atomic mass is 10.1. The first-order chi connectivity index (χ1) is 6.16. The molecule has 0 heterocycles. The molecule has 1 aromatic carbocycles. The van der Waals surface area contributed by atoms with E-state index in [1.807, 2.05) is 13.0 Å². The van der Waals surface area contributed by atoms with Gasteiger partial charge in [0.1, 0.15) is 0 Å². The average Bonchev–Trinajstić information content (AvgIpc) is 2.10. The zero-order chi connectivity index (χ0) is 9.84. The van der Waals surface area contributed by atoms with E-state index in [2.05, 4.69) is 10.3 Å². The Balaban J connectivity index is 3.01. The molecule has 0 bridgehead atoms. The van der Waals surface area contributed by atoms with Gasteiger partial charge in [-0.25, -0.2) is 5.48 Å². The molecule has 0 saturated carbocycles. The van der Waals surface area contributed by atoms with Gasteiger partial charge in [-0.2, -0.15) is 0 Å². The molecular formula is C9H10ClNO2. The Kier molecular flexibility index (Phi) is 3.28. The van der Waals surface area contributed by atoms with Gasteiger partial charge in [0.2, 0.25) is 0 Å². The van der Waals surface area contributed by atoms with Crippen LogP contribution in [0.5, 0.6) is 0 Å². The molecule has 70 valence electrons. The van der Waals surface area contributed by atoms with E-state index in [1.54, 1.807) is 12.1 Å². The van der Waals surface area contributed by atoms with E-state index in [-0.39, 0.29) is 5.91 Å². The maximum atomic E-state index is 11.3. The van der Waals surface area contributed by atoms with Crippen molar-refractivity contribution in [3.8, 4) is 0 Å². The minimum Gasteiger partial charge on any atom is -0.277 e. The number of carbonyl (C=O) groups is 1. The van der Waals surface area contributed by atoms with Gasteiger partial charge in [0.05, 0.1) is 17.7 Å². The Morgan fingerprint density at radius 1 is 1.54 bits per heavy atom. The summed E-state index contributed by atoms with van der Waals surface area (Å²) in [5.41, 5.74) is 3.49. The maximum Gasteiger partial charge on any atom is 0.276 e. The lowest BCUT2D eigenvalue weighted by Gasteiger charge is -2.05. The second-order valence-electron chi connectivity index (χ2n) is 2.57. The predicted molar refractivity (Wildman–Crippen MR) is 50.7 cm³/mol. The van der Waals surface area contributed by atoms with Crippen LogP contribution in [-0.2, 0) is 4.84 Å². The monoisotopic (exact) mass is 199 g/mol. The van der Waals surface area contributed by atoms with Gasteiger partial charge in [0.15, 0.2) is 0 Å². The van der Waals surface area contributed by atoms with Crippen LogP contribution < -0.4 is 5.48 Å². The van der Waals surface area contributed by atoms with Gasteiger partial charge in [-0.05, 0) is 18.6 Å². The Bertz CT molecular complexity index is 325. The van der Waals surface area contributed by atoms with Gasteiger partial charge in [-0.3, -0.25) is 9.63 Å². The molecule has 13 heavy (non-hydrogen) atoms. The molecule has 0 radical (unpaired) electrons. The highest BCUT2D eigenvalue weighted by Crippen LogP contribution is 2.19. The minimum atomic E-state index is -0.337. The molecule has 1 aromatic rings. The fourth-order valence-corrected chi connectivity index (χ4v) is 1.18. The zero-order valence-corrected chi connectivity index (χ0v) is 8.18. The van der Waals surface area contributed by atoms with E-state index in [1.165, 1.54) is 7.11 Å². The van der Waals surface area contributed by atoms with E-state index in [0.29, 0.717) is 10.6 Å². The highest BCUT2D eigenvalue weighted by molar-refractivity contribution is 6.34. The van der Waals surface area contributed by atoms with Crippen molar-refractivity contribution < 1.29 is 9.63 Å². The number of rotatable bonds is 2. The molecule has 1 N–H and O–H groups in total. The van der Waals surface area contributed by atoms with Crippen LogP contribution in [0.4, 0.5) is 0 Å². The third-order valence-electron chi connectivity index (χ3n) is 1.63. The summed E-state index contributed by atoms with van der Waals surface area (Å²) in [5.74, 6) is -0.337. The van der Waals surface area contributed by atoms with Gasteiger partial charge in [0, 0.05) is 0 Å². The van der Waals surface area contributed by atoms with Crippen LogP contribution in [-0.4, -0.2) is 13.0 Å². The van der Waals surface area contributed by atoms with Crippen LogP contribution >= 0.6 is 11.6 Å². The first kappa shape index (κ1) is 10.0. The molecule has 0 spiro atoms. The molecule has 0 aromatic heterocycles. The Labute approximate surface area is 81.6 Å². The number of hydrogen-bond acceptors (Lipinski definition) is 2. The average molecular weight is 200 g/mol. The summed E-state index contributed by atoms with van der Waals surface area (Å²) in [6.45, 7) is 1.84. The molecule has 0 unspecified atom stereocenters. The molecule has 3 nitrogen and oxygen atoms in total. The minimum absolute atomic E-state index is 0.337. The number of benzene rings is 1. The van der Waals surface area contributed by atoms with Gasteiger partial charge < -0.3 is 0 Å². The molecule has 0 fully saturated rings. The van der Waals surface area contributed by atoms with E-state index in [9.17, 15) is 4.79 Å². The number of amides is 1. The Morgan fingerprint density at radius 3 is 2.85 bits per heavy atom. The third kappa shape index (κ3) is 2.20. The first-order valence-electron chi connectivity index (χ1n) is 3.75. The molecule has 4 heteroatoms. The molecule has 0 aliphatic heterocycles. The normalized spacial score (nSPS) is 9.77. The van der Waals surface area contributed by atoms with Crippen molar-refractivity contribution in [2.75, 3.05) is 7.11 Å². The second-order valence-corrected chi connectivity index (χ2v) is 2.95. The Hall–Kier alpha value is -1.06. The smallest absolute Gasteiger partial charge is 0.276 e. The van der Waals surface area contributed by atoms with Crippen LogP contribution in [0, 0.1) is 6.92 Å². The largest absolute Gasteiger partial charge is 0.277 e. The number of nitrogens with one attached hydrogen (secondary N) is 1. The lowest BCUT2D eigenvalue weighted by Crippen LogP contribution is -2.22. The SMILES string of the molecule is CONC(=O)c1cccc(C)c1Cl. The standard InChI is InChI=1S/C9H10ClNO2/c1-6-4-3-5-7(8(6)10)9(12)11-13-2/h3-5H,1-2H3,(H,11,12). The van der Waals surface area contributed by atoms with Gasteiger partial charge in [-0.15, -0.1) is 0 Å². The lowest BCUT2D eigenvalue weighted by molar-refractivity contribution is 0.0538. The van der Waals surface area contributed by atoms with Crippen LogP contribution in [0.1, 0.15) is 15.9 Å². The van der Waals surface area contributed by atoms with Crippen molar-refractivity contribution >= 4 is 17.5 Å². The molecule has 0 atom stereocenters. The van der Waals surface area contributed by atoms with Crippen molar-refractivity contribution in [1.82, 2.24) is 5.48 Å². The van der Waals surface area contributed by atoms with Crippen LogP contribution in [0.15, 0.2) is 18.2 Å². The van der Waals surface area contributed by atoms with Crippen molar-refractivity contribution in [2.45, 2.75) is 6.92 Å². The quantitative estimate of drug-likeness (QED) is 0.740. The highest BCUT2D eigenvalue weighted by Gasteiger charge is 2.10. The van der Waals surface area contributed by atoms with E-state index in [0.717, 1.165) is 5.56 Å². The number of carbonyl (C=O) groups excluding carboxylic acids is 1. The zero-order valence-electron chi connectivity index (χ0n) is 7.43. The van der Waals surface area contributed by atoms with Gasteiger partial charge >= 0.3 is 0 Å². The highest BCUT2D eigenvalue weighted by atomic mass is 35.5. The summed E-state index contributed by atoms with van der Waals surface area (Å²) in [7, 11) is 1.38. The molecule has 1 rings (SSSR count). The van der Waals surface area contributed by atoms with Crippen molar-refractivity contribution in [3.05, 3.63) is 34.3 Å². The maximum absolute atomic E-state index is 11.3. The molecular weight excluding hydrogens is 190 g/mol.